The summed E-state index contributed by atoms with van der Waals surface area (Å²) >= 11 is 0. The van der Waals surface area contributed by atoms with Crippen LogP contribution in [-0.2, 0) is 0 Å². The minimum Gasteiger partial charge on any atom is -0.455 e. The Bertz CT molecular complexity index is 3300. The predicted molar refractivity (Wildman–Crippen MR) is 243 cm³/mol. The van der Waals surface area contributed by atoms with Gasteiger partial charge in [-0.05, 0) is 55.8 Å². The van der Waals surface area contributed by atoms with Gasteiger partial charge in [0.25, 0.3) is 0 Å². The zero-order valence-electron chi connectivity index (χ0n) is 32.0. The number of rotatable bonds is 7. The van der Waals surface area contributed by atoms with E-state index in [0.29, 0.717) is 17.5 Å². The Labute approximate surface area is 341 Å². The zero-order chi connectivity index (χ0) is 39.1. The molecule has 0 N–H and O–H groups in total. The van der Waals surface area contributed by atoms with Crippen LogP contribution in [0.3, 0.4) is 0 Å². The normalized spacial score (nSPS) is 11.4. The van der Waals surface area contributed by atoms with E-state index in [-0.39, 0.29) is 0 Å². The van der Waals surface area contributed by atoms with Crippen molar-refractivity contribution >= 4 is 32.7 Å². The van der Waals surface area contributed by atoms with E-state index in [2.05, 4.69) is 182 Å². The Morgan fingerprint density at radius 2 is 0.780 bits per heavy atom. The Kier molecular flexibility index (Phi) is 8.45. The molecule has 4 heteroatoms. The van der Waals surface area contributed by atoms with Gasteiger partial charge in [0.2, 0.25) is 0 Å². The van der Waals surface area contributed by atoms with Gasteiger partial charge in [-0.2, -0.15) is 0 Å². The molecule has 9 aromatic carbocycles. The lowest BCUT2D eigenvalue weighted by Gasteiger charge is -2.15. The van der Waals surface area contributed by atoms with Crippen LogP contribution >= 0.6 is 0 Å². The summed E-state index contributed by atoms with van der Waals surface area (Å²) < 4.78 is 6.56. The summed E-state index contributed by atoms with van der Waals surface area (Å²) in [4.78, 5) is 15.5. The first kappa shape index (κ1) is 34.3. The zero-order valence-corrected chi connectivity index (χ0v) is 32.0. The smallest absolute Gasteiger partial charge is 0.164 e. The molecule has 0 unspecified atom stereocenters. The molecule has 0 aliphatic rings. The van der Waals surface area contributed by atoms with Crippen LogP contribution in [0, 0.1) is 0 Å². The average Bonchev–Trinajstić information content (AvgIpc) is 3.71. The number of para-hydroxylation sites is 2. The van der Waals surface area contributed by atoms with Gasteiger partial charge < -0.3 is 4.42 Å². The number of hydrogen-bond acceptors (Lipinski definition) is 4. The molecule has 0 aliphatic carbocycles. The standard InChI is InChI=1S/C55H35N3O/c1-3-14-36(15-4-1)37-26-30-41(31-27-37)53-56-54(58-55(57-53)49-22-10-9-19-43(49)38-16-5-2-6-17-38)42-32-28-40(29-33-42)51-44-20-8-7-18-39(44)34-35-46(51)48-24-13-23-47-45-21-11-12-25-50(45)59-52(47)48/h1-35H. The molecule has 276 valence electrons. The molecule has 0 bridgehead atoms. The van der Waals surface area contributed by atoms with Crippen molar-refractivity contribution in [2.24, 2.45) is 0 Å². The van der Waals surface area contributed by atoms with E-state index in [0.717, 1.165) is 83.1 Å². The topological polar surface area (TPSA) is 51.8 Å². The maximum absolute atomic E-state index is 6.56. The van der Waals surface area contributed by atoms with Gasteiger partial charge >= 0.3 is 0 Å². The molecule has 0 saturated carbocycles. The number of hydrogen-bond donors (Lipinski definition) is 0. The lowest BCUT2D eigenvalue weighted by molar-refractivity contribution is 0.670. The van der Waals surface area contributed by atoms with E-state index in [1.54, 1.807) is 0 Å². The van der Waals surface area contributed by atoms with Crippen LogP contribution in [0.4, 0.5) is 0 Å². The van der Waals surface area contributed by atoms with Crippen molar-refractivity contribution in [3.63, 3.8) is 0 Å². The maximum Gasteiger partial charge on any atom is 0.164 e. The van der Waals surface area contributed by atoms with Gasteiger partial charge in [0.15, 0.2) is 17.5 Å². The molecule has 11 aromatic rings. The molecule has 2 heterocycles. The van der Waals surface area contributed by atoms with E-state index in [1.165, 1.54) is 10.8 Å². The molecule has 0 aliphatic heterocycles. The van der Waals surface area contributed by atoms with Gasteiger partial charge in [-0.3, -0.25) is 0 Å². The first-order chi connectivity index (χ1) is 29.2. The van der Waals surface area contributed by atoms with Crippen LogP contribution in [0.1, 0.15) is 0 Å². The van der Waals surface area contributed by atoms with Gasteiger partial charge in [-0.25, -0.2) is 15.0 Å². The number of benzene rings is 9. The van der Waals surface area contributed by atoms with Gasteiger partial charge in [0, 0.05) is 33.0 Å². The quantitative estimate of drug-likeness (QED) is 0.163. The highest BCUT2D eigenvalue weighted by atomic mass is 16.3. The second kappa shape index (κ2) is 14.5. The van der Waals surface area contributed by atoms with Crippen LogP contribution in [0.15, 0.2) is 217 Å². The second-order valence-corrected chi connectivity index (χ2v) is 14.7. The predicted octanol–water partition coefficient (Wildman–Crippen LogP) is 14.6. The fourth-order valence-corrected chi connectivity index (χ4v) is 8.30. The van der Waals surface area contributed by atoms with Crippen molar-refractivity contribution in [1.29, 1.82) is 0 Å². The van der Waals surface area contributed by atoms with E-state index in [1.807, 2.05) is 30.3 Å². The van der Waals surface area contributed by atoms with E-state index >= 15 is 0 Å². The third kappa shape index (κ3) is 6.24. The van der Waals surface area contributed by atoms with E-state index in [4.69, 9.17) is 19.4 Å². The van der Waals surface area contributed by atoms with Crippen LogP contribution in [-0.4, -0.2) is 15.0 Å². The minimum absolute atomic E-state index is 0.608. The fraction of sp³-hybridized carbons (Fsp3) is 0. The summed E-state index contributed by atoms with van der Waals surface area (Å²) in [7, 11) is 0. The van der Waals surface area contributed by atoms with Crippen LogP contribution < -0.4 is 0 Å². The lowest BCUT2D eigenvalue weighted by atomic mass is 9.89. The molecule has 59 heavy (non-hydrogen) atoms. The van der Waals surface area contributed by atoms with Crippen molar-refractivity contribution in [2.45, 2.75) is 0 Å². The summed E-state index contributed by atoms with van der Waals surface area (Å²) in [6.07, 6.45) is 0. The number of fused-ring (bicyclic) bond motifs is 4. The van der Waals surface area contributed by atoms with Crippen molar-refractivity contribution < 1.29 is 4.42 Å². The van der Waals surface area contributed by atoms with Crippen molar-refractivity contribution in [2.75, 3.05) is 0 Å². The van der Waals surface area contributed by atoms with Crippen molar-refractivity contribution in [3.8, 4) is 78.7 Å². The Balaban J connectivity index is 1.06. The molecule has 0 fully saturated rings. The van der Waals surface area contributed by atoms with Crippen LogP contribution in [0.5, 0.6) is 0 Å². The molecule has 4 nitrogen and oxygen atoms in total. The highest BCUT2D eigenvalue weighted by molar-refractivity contribution is 6.13. The van der Waals surface area contributed by atoms with Gasteiger partial charge in [0.05, 0.1) is 0 Å². The summed E-state index contributed by atoms with van der Waals surface area (Å²) in [5.74, 6) is 1.85. The van der Waals surface area contributed by atoms with Gasteiger partial charge in [-0.1, -0.05) is 206 Å². The first-order valence-electron chi connectivity index (χ1n) is 19.9. The third-order valence-electron chi connectivity index (χ3n) is 11.2. The van der Waals surface area contributed by atoms with Crippen LogP contribution in [0.2, 0.25) is 0 Å². The summed E-state index contributed by atoms with van der Waals surface area (Å²) in [6, 6.07) is 74.0. The molecule has 0 atom stereocenters. The highest BCUT2D eigenvalue weighted by Crippen LogP contribution is 2.43. The minimum atomic E-state index is 0.608. The Hall–Kier alpha value is -7.95. The largest absolute Gasteiger partial charge is 0.455 e. The SMILES string of the molecule is c1ccc(-c2ccc(-c3nc(-c4ccc(-c5c(-c6cccc7c6oc6ccccc67)ccc6ccccc56)cc4)nc(-c4ccccc4-c4ccccc4)n3)cc2)cc1. The van der Waals surface area contributed by atoms with Crippen LogP contribution in [0.25, 0.3) is 111 Å². The van der Waals surface area contributed by atoms with Gasteiger partial charge in [-0.15, -0.1) is 0 Å². The number of furan rings is 1. The highest BCUT2D eigenvalue weighted by Gasteiger charge is 2.19. The van der Waals surface area contributed by atoms with Gasteiger partial charge in [0.1, 0.15) is 11.2 Å². The molecular weight excluding hydrogens is 719 g/mol. The molecule has 0 saturated heterocycles. The van der Waals surface area contributed by atoms with E-state index in [9.17, 15) is 0 Å². The Morgan fingerprint density at radius 3 is 1.51 bits per heavy atom. The molecule has 2 aromatic heterocycles. The average molecular weight is 754 g/mol. The molecule has 0 radical (unpaired) electrons. The summed E-state index contributed by atoms with van der Waals surface area (Å²) in [5.41, 5.74) is 13.4. The number of aromatic nitrogens is 3. The third-order valence-corrected chi connectivity index (χ3v) is 11.2. The molecule has 0 amide bonds. The lowest BCUT2D eigenvalue weighted by Crippen LogP contribution is -2.01. The monoisotopic (exact) mass is 753 g/mol. The fourth-order valence-electron chi connectivity index (χ4n) is 8.30. The Morgan fingerprint density at radius 1 is 0.271 bits per heavy atom. The molecule has 11 rings (SSSR count). The van der Waals surface area contributed by atoms with E-state index < -0.39 is 0 Å². The summed E-state index contributed by atoms with van der Waals surface area (Å²) in [5, 5.41) is 4.57. The summed E-state index contributed by atoms with van der Waals surface area (Å²) in [6.45, 7) is 0. The van der Waals surface area contributed by atoms with Crippen molar-refractivity contribution in [1.82, 2.24) is 15.0 Å². The first-order valence-corrected chi connectivity index (χ1v) is 19.9. The second-order valence-electron chi connectivity index (χ2n) is 14.7. The molecular formula is C55H35N3O. The maximum atomic E-state index is 6.56. The number of nitrogens with zero attached hydrogens (tertiary/aromatic N) is 3. The van der Waals surface area contributed by atoms with Crippen molar-refractivity contribution in [3.05, 3.63) is 212 Å². The molecule has 0 spiro atoms.